The van der Waals surface area contributed by atoms with E-state index in [-0.39, 0.29) is 68.4 Å². The Hall–Kier alpha value is -6.84. The van der Waals surface area contributed by atoms with Crippen LogP contribution in [0.3, 0.4) is 0 Å². The van der Waals surface area contributed by atoms with Gasteiger partial charge in [0, 0.05) is 43.9 Å². The van der Waals surface area contributed by atoms with Crippen molar-refractivity contribution in [1.82, 2.24) is 42.1 Å². The lowest BCUT2D eigenvalue weighted by molar-refractivity contribution is -0.142. The molecule has 2 heterocycles. The van der Waals surface area contributed by atoms with Crippen LogP contribution in [0.5, 0.6) is 5.75 Å². The molecule has 71 heavy (non-hydrogen) atoms. The molecule has 2 aliphatic rings. The molecule has 3 rings (SSSR count). The van der Waals surface area contributed by atoms with Crippen LogP contribution in [0.2, 0.25) is 0 Å². The zero-order valence-electron chi connectivity index (χ0n) is 39.6. The Morgan fingerprint density at radius 2 is 1.49 bits per heavy atom. The number of guanidine groups is 1. The number of amides is 11. The summed E-state index contributed by atoms with van der Waals surface area (Å²) in [5, 5.41) is 27.7. The predicted molar refractivity (Wildman–Crippen MR) is 261 cm³/mol. The number of hydrogen-bond donors (Lipinski definition) is 13. The van der Waals surface area contributed by atoms with E-state index in [9.17, 15) is 57.8 Å². The molecule has 0 aromatic heterocycles. The zero-order chi connectivity index (χ0) is 52.8. The monoisotopic (exact) mass is 1030 g/mol. The summed E-state index contributed by atoms with van der Waals surface area (Å²) >= 11 is 0. The standard InChI is InChI=1S/C43H66N14O12S2/c1-3-22(2)35-41(68)53-26(12-13-31(44)59)37(64)54-28(19-32(45)60)38(65)55-29(21-71-70-17-14-34(62)51-27(39(66)56-35)18-23-8-10-24(58)11-9-23)42(69)57-16-5-7-30(57)40(67)52-25(6-4-15-49-43(47)48)36(63)50-20-33(46)61/h8-11,22,25-30,35,58H,3-7,12-21H2,1-2H3,(H2,44,59)(H2,45,60)(H2,46,61)(H,50,63)(H,51,62)(H,52,67)(H,53,68)(H,54,64)(H,55,65)(H,56,66)(H4,47,48,49)/t22-,25-,26-,27-,28-,29-,30-,35-/m0/s1. The third-order valence-electron chi connectivity index (χ3n) is 11.4. The zero-order valence-corrected chi connectivity index (χ0v) is 41.2. The first kappa shape index (κ1) is 58.5. The fourth-order valence-corrected chi connectivity index (χ4v) is 9.54. The van der Waals surface area contributed by atoms with E-state index in [1.807, 2.05) is 0 Å². The van der Waals surface area contributed by atoms with Crippen LogP contribution in [-0.2, 0) is 59.2 Å². The average Bonchev–Trinajstić information content (AvgIpc) is 3.81. The molecule has 0 bridgehead atoms. The molecule has 392 valence electrons. The number of carbonyl (C=O) groups is 11. The van der Waals surface area contributed by atoms with Gasteiger partial charge < -0.3 is 75.9 Å². The van der Waals surface area contributed by atoms with E-state index in [0.29, 0.717) is 18.4 Å². The number of nitrogens with zero attached hydrogens (tertiary/aromatic N) is 2. The molecule has 2 fully saturated rings. The van der Waals surface area contributed by atoms with Gasteiger partial charge in [-0.15, -0.1) is 0 Å². The SMILES string of the molecule is CC[C@H](C)[C@@H]1NC(=O)[C@H](Cc2ccc(O)cc2)NC(=O)CCSSC[C@@H](C(=O)N2CCC[C@H]2C(=O)N[C@@H](CCCN=C(N)N)C(=O)NCC(N)=O)NC(=O)[C@H](CC(N)=O)NC(=O)[C@H](CCC(N)=O)NC1=O. The van der Waals surface area contributed by atoms with Crippen LogP contribution in [0.4, 0.5) is 0 Å². The molecule has 28 heteroatoms. The van der Waals surface area contributed by atoms with Crippen LogP contribution in [0, 0.1) is 5.92 Å². The number of rotatable bonds is 19. The molecule has 0 unspecified atom stereocenters. The molecule has 0 saturated carbocycles. The number of hydrogen-bond acceptors (Lipinski definition) is 15. The summed E-state index contributed by atoms with van der Waals surface area (Å²) in [6, 6.07) is -3.77. The van der Waals surface area contributed by atoms with Gasteiger partial charge >= 0.3 is 0 Å². The Kier molecular flexibility index (Phi) is 24.2. The van der Waals surface area contributed by atoms with E-state index >= 15 is 0 Å². The lowest BCUT2D eigenvalue weighted by Crippen LogP contribution is -2.61. The molecule has 0 aliphatic carbocycles. The Bertz CT molecular complexity index is 2130. The maximum Gasteiger partial charge on any atom is 0.246 e. The summed E-state index contributed by atoms with van der Waals surface area (Å²) in [5.74, 6) is -10.1. The molecular weight excluding hydrogens is 969 g/mol. The van der Waals surface area contributed by atoms with Gasteiger partial charge in [0.1, 0.15) is 48.0 Å². The second-order valence-corrected chi connectivity index (χ2v) is 19.6. The van der Waals surface area contributed by atoms with E-state index < -0.39 is 139 Å². The summed E-state index contributed by atoms with van der Waals surface area (Å²) in [6.07, 6.45) is -0.757. The average molecular weight is 1040 g/mol. The van der Waals surface area contributed by atoms with Gasteiger partial charge in [-0.2, -0.15) is 0 Å². The molecule has 2 aliphatic heterocycles. The summed E-state index contributed by atoms with van der Waals surface area (Å²) in [6.45, 7) is 3.02. The number of aliphatic imine (C=N–C) groups is 1. The first-order valence-electron chi connectivity index (χ1n) is 22.9. The minimum Gasteiger partial charge on any atom is -0.508 e. The van der Waals surface area contributed by atoms with E-state index in [1.54, 1.807) is 26.0 Å². The number of phenolic OH excluding ortho intramolecular Hbond substituents is 1. The Balaban J connectivity index is 2.01. The van der Waals surface area contributed by atoms with E-state index in [0.717, 1.165) is 21.6 Å². The first-order chi connectivity index (χ1) is 33.6. The van der Waals surface area contributed by atoms with Crippen LogP contribution in [0.25, 0.3) is 0 Å². The number of benzene rings is 1. The lowest BCUT2D eigenvalue weighted by Gasteiger charge is -2.31. The summed E-state index contributed by atoms with van der Waals surface area (Å²) in [7, 11) is 2.20. The molecular formula is C43H66N14O12S2. The van der Waals surface area contributed by atoms with E-state index in [4.69, 9.17) is 28.7 Å². The molecule has 0 radical (unpaired) electrons. The number of nitrogens with one attached hydrogen (secondary N) is 7. The number of nitrogens with two attached hydrogens (primary N) is 5. The number of phenols is 1. The molecule has 26 nitrogen and oxygen atoms in total. The predicted octanol–water partition coefficient (Wildman–Crippen LogP) is -4.54. The summed E-state index contributed by atoms with van der Waals surface area (Å²) in [5.41, 5.74) is 27.5. The van der Waals surface area contributed by atoms with E-state index in [2.05, 4.69) is 42.2 Å². The van der Waals surface area contributed by atoms with Crippen molar-refractivity contribution in [3.63, 3.8) is 0 Å². The minimum atomic E-state index is -1.75. The highest BCUT2D eigenvalue weighted by Crippen LogP contribution is 2.26. The van der Waals surface area contributed by atoms with Crippen LogP contribution in [0.15, 0.2) is 29.3 Å². The minimum absolute atomic E-state index is 0.0170. The molecule has 18 N–H and O–H groups in total. The fourth-order valence-electron chi connectivity index (χ4n) is 7.40. The van der Waals surface area contributed by atoms with Gasteiger partial charge in [0.15, 0.2) is 5.96 Å². The van der Waals surface area contributed by atoms with E-state index in [1.165, 1.54) is 17.0 Å². The molecule has 8 atom stereocenters. The van der Waals surface area contributed by atoms with Crippen molar-refractivity contribution in [3.05, 3.63) is 29.8 Å². The lowest BCUT2D eigenvalue weighted by atomic mass is 9.96. The third kappa shape index (κ3) is 20.2. The van der Waals surface area contributed by atoms with Gasteiger partial charge in [-0.1, -0.05) is 54.0 Å². The van der Waals surface area contributed by atoms with Crippen LogP contribution in [-0.4, -0.2) is 154 Å². The topological polar surface area (TPSA) is 438 Å². The van der Waals surface area contributed by atoms with Crippen LogP contribution >= 0.6 is 21.6 Å². The highest BCUT2D eigenvalue weighted by atomic mass is 33.1. The van der Waals surface area contributed by atoms with Gasteiger partial charge in [0.05, 0.1) is 13.0 Å². The van der Waals surface area contributed by atoms with Crippen molar-refractivity contribution in [1.29, 1.82) is 0 Å². The maximum absolute atomic E-state index is 14.5. The van der Waals surface area contributed by atoms with Crippen molar-refractivity contribution >= 4 is 92.5 Å². The van der Waals surface area contributed by atoms with Crippen LogP contribution < -0.4 is 65.9 Å². The number of aromatic hydroxyl groups is 1. The van der Waals surface area contributed by atoms with Crippen molar-refractivity contribution in [2.24, 2.45) is 39.6 Å². The van der Waals surface area contributed by atoms with Crippen molar-refractivity contribution in [2.75, 3.05) is 31.1 Å². The second-order valence-electron chi connectivity index (χ2n) is 17.0. The highest BCUT2D eigenvalue weighted by molar-refractivity contribution is 8.76. The maximum atomic E-state index is 14.5. The van der Waals surface area contributed by atoms with Gasteiger partial charge in [-0.05, 0) is 55.7 Å². The Morgan fingerprint density at radius 3 is 2.13 bits per heavy atom. The van der Waals surface area contributed by atoms with Gasteiger partial charge in [0.2, 0.25) is 65.0 Å². The normalized spacial score (nSPS) is 22.7. The van der Waals surface area contributed by atoms with Gasteiger partial charge in [-0.3, -0.25) is 57.7 Å². The molecule has 11 amide bonds. The van der Waals surface area contributed by atoms with Gasteiger partial charge in [0.25, 0.3) is 0 Å². The van der Waals surface area contributed by atoms with Crippen LogP contribution in [0.1, 0.15) is 77.2 Å². The quantitative estimate of drug-likeness (QED) is 0.0269. The van der Waals surface area contributed by atoms with Crippen molar-refractivity contribution < 1.29 is 57.8 Å². The first-order valence-corrected chi connectivity index (χ1v) is 25.4. The van der Waals surface area contributed by atoms with Crippen molar-refractivity contribution in [2.45, 2.75) is 120 Å². The Labute approximate surface area is 417 Å². The third-order valence-corrected chi connectivity index (χ3v) is 13.8. The number of likely N-dealkylation sites (tertiary alicyclic amines) is 1. The smallest absolute Gasteiger partial charge is 0.246 e. The number of primary amides is 3. The molecule has 2 saturated heterocycles. The van der Waals surface area contributed by atoms with Crippen molar-refractivity contribution in [3.8, 4) is 5.75 Å². The highest BCUT2D eigenvalue weighted by Gasteiger charge is 2.40. The largest absolute Gasteiger partial charge is 0.508 e. The Morgan fingerprint density at radius 1 is 0.831 bits per heavy atom. The molecule has 1 aromatic rings. The summed E-state index contributed by atoms with van der Waals surface area (Å²) in [4.78, 5) is 152. The fraction of sp³-hybridized carbons (Fsp3) is 0.581. The number of carbonyl (C=O) groups excluding carboxylic acids is 11. The molecule has 1 aromatic carbocycles. The molecule has 0 spiro atoms. The second kappa shape index (κ2) is 29.4. The van der Waals surface area contributed by atoms with Gasteiger partial charge in [-0.25, -0.2) is 0 Å². The summed E-state index contributed by atoms with van der Waals surface area (Å²) < 4.78 is 0.